The Labute approximate surface area is 121 Å². The molecule has 2 aromatic rings. The van der Waals surface area contributed by atoms with Crippen molar-refractivity contribution in [2.24, 2.45) is 5.73 Å². The van der Waals surface area contributed by atoms with Gasteiger partial charge in [-0.1, -0.05) is 12.1 Å². The second-order valence-corrected chi connectivity index (χ2v) is 5.61. The molecule has 1 atom stereocenters. The molecular formula is C14H17N3O2S. The van der Waals surface area contributed by atoms with Crippen molar-refractivity contribution in [3.8, 4) is 5.75 Å². The Balaban J connectivity index is 1.84. The first kappa shape index (κ1) is 14.5. The maximum atomic E-state index is 11.9. The number of nitrogens with two attached hydrogens (primary N) is 1. The van der Waals surface area contributed by atoms with E-state index in [0.29, 0.717) is 13.0 Å². The number of carbonyl (C=O) groups is 1. The molecule has 1 heterocycles. The Hall–Kier alpha value is -1.92. The van der Waals surface area contributed by atoms with E-state index in [2.05, 4.69) is 10.3 Å². The number of aromatic hydroxyl groups is 1. The van der Waals surface area contributed by atoms with Gasteiger partial charge in [0.1, 0.15) is 5.75 Å². The van der Waals surface area contributed by atoms with Gasteiger partial charge in [-0.3, -0.25) is 4.79 Å². The molecule has 2 rings (SSSR count). The van der Waals surface area contributed by atoms with Gasteiger partial charge in [-0.15, -0.1) is 11.3 Å². The Morgan fingerprint density at radius 3 is 2.75 bits per heavy atom. The van der Waals surface area contributed by atoms with Crippen LogP contribution in [0.3, 0.4) is 0 Å². The van der Waals surface area contributed by atoms with Crippen molar-refractivity contribution in [2.45, 2.75) is 25.9 Å². The topological polar surface area (TPSA) is 88.2 Å². The smallest absolute Gasteiger partial charge is 0.237 e. The van der Waals surface area contributed by atoms with Crippen LogP contribution in [0.25, 0.3) is 0 Å². The third-order valence-corrected chi connectivity index (χ3v) is 3.66. The van der Waals surface area contributed by atoms with Gasteiger partial charge in [0.15, 0.2) is 0 Å². The third-order valence-electron chi connectivity index (χ3n) is 2.84. The fourth-order valence-corrected chi connectivity index (χ4v) is 2.39. The average molecular weight is 291 g/mol. The molecule has 4 N–H and O–H groups in total. The highest BCUT2D eigenvalue weighted by molar-refractivity contribution is 7.09. The van der Waals surface area contributed by atoms with Crippen LogP contribution < -0.4 is 11.1 Å². The Morgan fingerprint density at radius 1 is 1.45 bits per heavy atom. The first-order valence-electron chi connectivity index (χ1n) is 6.27. The molecule has 0 spiro atoms. The average Bonchev–Trinajstić information content (AvgIpc) is 2.84. The standard InChI is InChI=1S/C14H17N3O2S/c1-9-17-11(8-20-9)7-16-14(19)13(15)6-10-2-4-12(18)5-3-10/h2-5,8,13,18H,6-7,15H2,1H3,(H,16,19). The Kier molecular flexibility index (Phi) is 4.70. The number of aryl methyl sites for hydroxylation is 1. The lowest BCUT2D eigenvalue weighted by Crippen LogP contribution is -2.41. The lowest BCUT2D eigenvalue weighted by molar-refractivity contribution is -0.122. The van der Waals surface area contributed by atoms with Crippen LogP contribution in [0.1, 0.15) is 16.3 Å². The lowest BCUT2D eigenvalue weighted by atomic mass is 10.1. The minimum Gasteiger partial charge on any atom is -0.508 e. The molecule has 0 radical (unpaired) electrons. The van der Waals surface area contributed by atoms with Crippen LogP contribution in [0.15, 0.2) is 29.6 Å². The van der Waals surface area contributed by atoms with Crippen LogP contribution in [0.4, 0.5) is 0 Å². The van der Waals surface area contributed by atoms with E-state index >= 15 is 0 Å². The Bertz CT molecular complexity index is 580. The van der Waals surface area contributed by atoms with E-state index in [1.807, 2.05) is 12.3 Å². The van der Waals surface area contributed by atoms with Crippen molar-refractivity contribution in [3.05, 3.63) is 45.9 Å². The summed E-state index contributed by atoms with van der Waals surface area (Å²) in [4.78, 5) is 16.2. The molecule has 6 heteroatoms. The highest BCUT2D eigenvalue weighted by Crippen LogP contribution is 2.11. The van der Waals surface area contributed by atoms with Crippen LogP contribution in [0.5, 0.6) is 5.75 Å². The zero-order valence-corrected chi connectivity index (χ0v) is 12.0. The number of amides is 1. The summed E-state index contributed by atoms with van der Waals surface area (Å²) in [6.07, 6.45) is 0.433. The van der Waals surface area contributed by atoms with E-state index in [4.69, 9.17) is 5.73 Å². The summed E-state index contributed by atoms with van der Waals surface area (Å²) in [6, 6.07) is 6.06. The molecule has 0 aliphatic rings. The number of benzene rings is 1. The lowest BCUT2D eigenvalue weighted by Gasteiger charge is -2.11. The number of rotatable bonds is 5. The summed E-state index contributed by atoms with van der Waals surface area (Å²) < 4.78 is 0. The van der Waals surface area contributed by atoms with Gasteiger partial charge in [0.25, 0.3) is 0 Å². The molecule has 1 unspecified atom stereocenters. The van der Waals surface area contributed by atoms with Gasteiger partial charge in [-0.25, -0.2) is 4.98 Å². The van der Waals surface area contributed by atoms with Crippen molar-refractivity contribution in [1.82, 2.24) is 10.3 Å². The summed E-state index contributed by atoms with van der Waals surface area (Å²) in [5, 5.41) is 14.9. The summed E-state index contributed by atoms with van der Waals surface area (Å²) >= 11 is 1.55. The fourth-order valence-electron chi connectivity index (χ4n) is 1.78. The van der Waals surface area contributed by atoms with Crippen LogP contribution >= 0.6 is 11.3 Å². The van der Waals surface area contributed by atoms with Crippen molar-refractivity contribution in [1.29, 1.82) is 0 Å². The molecule has 0 saturated heterocycles. The predicted molar refractivity (Wildman–Crippen MR) is 78.5 cm³/mol. The molecule has 1 aromatic carbocycles. The second-order valence-electron chi connectivity index (χ2n) is 4.55. The number of nitrogens with zero attached hydrogens (tertiary/aromatic N) is 1. The predicted octanol–water partition coefficient (Wildman–Crippen LogP) is 1.34. The van der Waals surface area contributed by atoms with Crippen LogP contribution in [0.2, 0.25) is 0 Å². The largest absolute Gasteiger partial charge is 0.508 e. The van der Waals surface area contributed by atoms with Crippen molar-refractivity contribution in [2.75, 3.05) is 0 Å². The van der Waals surface area contributed by atoms with Gasteiger partial charge in [-0.2, -0.15) is 0 Å². The third kappa shape index (κ3) is 4.04. The second kappa shape index (κ2) is 6.49. The number of aromatic nitrogens is 1. The van der Waals surface area contributed by atoms with Gasteiger partial charge < -0.3 is 16.2 Å². The number of thiazole rings is 1. The van der Waals surface area contributed by atoms with Crippen molar-refractivity contribution >= 4 is 17.2 Å². The minimum atomic E-state index is -0.612. The fraction of sp³-hybridized carbons (Fsp3) is 0.286. The number of nitrogens with one attached hydrogen (secondary N) is 1. The van der Waals surface area contributed by atoms with Gasteiger partial charge in [-0.05, 0) is 31.0 Å². The zero-order chi connectivity index (χ0) is 14.5. The number of carbonyl (C=O) groups excluding carboxylic acids is 1. The van der Waals surface area contributed by atoms with E-state index in [1.54, 1.807) is 35.6 Å². The summed E-state index contributed by atoms with van der Waals surface area (Å²) in [5.74, 6) is -0.00518. The highest BCUT2D eigenvalue weighted by Gasteiger charge is 2.14. The van der Waals surface area contributed by atoms with Gasteiger partial charge in [0.2, 0.25) is 5.91 Å². The number of hydrogen-bond donors (Lipinski definition) is 3. The number of phenols is 1. The normalized spacial score (nSPS) is 12.1. The van der Waals surface area contributed by atoms with Gasteiger partial charge >= 0.3 is 0 Å². The summed E-state index contributed by atoms with van der Waals surface area (Å²) in [7, 11) is 0. The number of phenolic OH excluding ortho intramolecular Hbond substituents is 1. The zero-order valence-electron chi connectivity index (χ0n) is 11.2. The van der Waals surface area contributed by atoms with E-state index in [9.17, 15) is 9.90 Å². The number of hydrogen-bond acceptors (Lipinski definition) is 5. The van der Waals surface area contributed by atoms with Gasteiger partial charge in [0.05, 0.1) is 23.3 Å². The molecule has 106 valence electrons. The van der Waals surface area contributed by atoms with Crippen molar-refractivity contribution < 1.29 is 9.90 Å². The highest BCUT2D eigenvalue weighted by atomic mass is 32.1. The van der Waals surface area contributed by atoms with Crippen LogP contribution in [-0.2, 0) is 17.8 Å². The van der Waals surface area contributed by atoms with Crippen LogP contribution in [-0.4, -0.2) is 22.0 Å². The molecular weight excluding hydrogens is 274 g/mol. The van der Waals surface area contributed by atoms with Crippen molar-refractivity contribution in [3.63, 3.8) is 0 Å². The summed E-state index contributed by atoms with van der Waals surface area (Å²) in [6.45, 7) is 2.32. The molecule has 0 aliphatic heterocycles. The Morgan fingerprint density at radius 2 is 2.15 bits per heavy atom. The van der Waals surface area contributed by atoms with E-state index < -0.39 is 6.04 Å². The molecule has 0 saturated carbocycles. The first-order chi connectivity index (χ1) is 9.54. The van der Waals surface area contributed by atoms with E-state index in [0.717, 1.165) is 16.3 Å². The van der Waals surface area contributed by atoms with E-state index in [-0.39, 0.29) is 11.7 Å². The molecule has 1 amide bonds. The molecule has 20 heavy (non-hydrogen) atoms. The molecule has 0 aliphatic carbocycles. The molecule has 0 bridgehead atoms. The minimum absolute atomic E-state index is 0.200. The molecule has 0 fully saturated rings. The van der Waals surface area contributed by atoms with E-state index in [1.165, 1.54) is 0 Å². The van der Waals surface area contributed by atoms with Crippen LogP contribution in [0, 0.1) is 6.92 Å². The quantitative estimate of drug-likeness (QED) is 0.775. The summed E-state index contributed by atoms with van der Waals surface area (Å²) in [5.41, 5.74) is 7.62. The monoisotopic (exact) mass is 291 g/mol. The molecule has 1 aromatic heterocycles. The van der Waals surface area contributed by atoms with Gasteiger partial charge in [0, 0.05) is 5.38 Å². The maximum absolute atomic E-state index is 11.9. The maximum Gasteiger partial charge on any atom is 0.237 e. The molecule has 5 nitrogen and oxygen atoms in total. The first-order valence-corrected chi connectivity index (χ1v) is 7.15. The SMILES string of the molecule is Cc1nc(CNC(=O)C(N)Cc2ccc(O)cc2)cs1.